The van der Waals surface area contributed by atoms with Crippen LogP contribution in [0.4, 0.5) is 26.3 Å². The quantitative estimate of drug-likeness (QED) is 0.0218. The Morgan fingerprint density at radius 2 is 0.797 bits per heavy atom. The molecule has 0 unspecified atom stereocenters. The molecule has 5 aromatic carbocycles. The zero-order valence-electron chi connectivity index (χ0n) is 34.5. The zero-order valence-corrected chi connectivity index (χ0v) is 34.5. The van der Waals surface area contributed by atoms with Gasteiger partial charge in [0.1, 0.15) is 34.1 Å². The SMILES string of the molecule is C=CC(=O)OCCCCCCOc1ccc2cc(C(=O)Oc3ccc(OC(=O)c4ccc5cc(OCCCCCCOC(=O)C=C)ccc5c4)c(C(F)(F)F)c3C(F)(F)F)ccc2c1. The molecule has 10 nitrogen and oxygen atoms in total. The summed E-state index contributed by atoms with van der Waals surface area (Å²) < 4.78 is 118. The van der Waals surface area contributed by atoms with Gasteiger partial charge in [-0.25, -0.2) is 19.2 Å². The van der Waals surface area contributed by atoms with Crippen LogP contribution in [0.5, 0.6) is 23.0 Å². The van der Waals surface area contributed by atoms with Crippen LogP contribution in [0.15, 0.2) is 110 Å². The van der Waals surface area contributed by atoms with Crippen molar-refractivity contribution in [3.05, 3.63) is 132 Å². The summed E-state index contributed by atoms with van der Waals surface area (Å²) in [6.45, 7) is 8.05. The third kappa shape index (κ3) is 13.8. The summed E-state index contributed by atoms with van der Waals surface area (Å²) >= 11 is 0. The van der Waals surface area contributed by atoms with Crippen LogP contribution >= 0.6 is 0 Å². The first-order chi connectivity index (χ1) is 30.6. The van der Waals surface area contributed by atoms with Crippen LogP contribution in [0.3, 0.4) is 0 Å². The molecule has 0 bridgehead atoms. The first kappa shape index (κ1) is 48.2. The second kappa shape index (κ2) is 22.5. The summed E-state index contributed by atoms with van der Waals surface area (Å²) in [6.07, 6.45) is -3.10. The molecule has 0 N–H and O–H groups in total. The number of hydrogen-bond acceptors (Lipinski definition) is 10. The van der Waals surface area contributed by atoms with Gasteiger partial charge in [0.25, 0.3) is 0 Å². The molecule has 0 spiro atoms. The number of carbonyl (C=O) groups excluding carboxylic acids is 4. The molecule has 0 aliphatic rings. The number of ether oxygens (including phenoxy) is 6. The fourth-order valence-corrected chi connectivity index (χ4v) is 6.45. The van der Waals surface area contributed by atoms with Gasteiger partial charge >= 0.3 is 36.2 Å². The monoisotopic (exact) mass is 894 g/mol. The number of rotatable bonds is 22. The van der Waals surface area contributed by atoms with E-state index in [0.29, 0.717) is 84.4 Å². The van der Waals surface area contributed by atoms with Crippen molar-refractivity contribution in [2.24, 2.45) is 0 Å². The number of esters is 4. The number of hydrogen-bond donors (Lipinski definition) is 0. The van der Waals surface area contributed by atoms with Crippen LogP contribution in [-0.4, -0.2) is 50.3 Å². The second-order valence-corrected chi connectivity index (χ2v) is 14.3. The standard InChI is InChI=1S/C48H44F6O10/c1-3-41(55)61-25-11-7-5-9-23-59-37-19-17-31-27-35(15-13-33(31)29-37)45(57)63-39-21-22-40(44(48(52,53)54)43(39)47(49,50)51)64-46(58)36-16-14-34-30-38(20-18-32(34)28-36)60-24-10-6-8-12-26-62-42(56)4-2/h3-4,13-22,27-30H,1-2,5-12,23-26H2. The molecule has 0 fully saturated rings. The molecule has 0 radical (unpaired) electrons. The van der Waals surface area contributed by atoms with Crippen LogP contribution in [0.1, 0.15) is 83.2 Å². The average Bonchev–Trinajstić information content (AvgIpc) is 3.26. The smallest absolute Gasteiger partial charge is 0.420 e. The molecule has 5 aromatic rings. The Kier molecular flexibility index (Phi) is 16.9. The van der Waals surface area contributed by atoms with Gasteiger partial charge in [-0.15, -0.1) is 0 Å². The van der Waals surface area contributed by atoms with E-state index in [-0.39, 0.29) is 11.1 Å². The van der Waals surface area contributed by atoms with Gasteiger partial charge in [-0.05, 0) is 134 Å². The molecule has 64 heavy (non-hydrogen) atoms. The largest absolute Gasteiger partial charge is 0.494 e. The van der Waals surface area contributed by atoms with Crippen LogP contribution < -0.4 is 18.9 Å². The zero-order chi connectivity index (χ0) is 46.3. The van der Waals surface area contributed by atoms with Gasteiger partial charge in [-0.1, -0.05) is 37.4 Å². The first-order valence-electron chi connectivity index (χ1n) is 20.2. The van der Waals surface area contributed by atoms with Crippen molar-refractivity contribution in [3.63, 3.8) is 0 Å². The van der Waals surface area contributed by atoms with Crippen LogP contribution in [0.25, 0.3) is 21.5 Å². The van der Waals surface area contributed by atoms with E-state index in [1.807, 2.05) is 0 Å². The predicted octanol–water partition coefficient (Wildman–Crippen LogP) is 11.8. The lowest BCUT2D eigenvalue weighted by Gasteiger charge is -2.21. The maximum absolute atomic E-state index is 14.5. The van der Waals surface area contributed by atoms with Crippen molar-refractivity contribution in [1.29, 1.82) is 0 Å². The van der Waals surface area contributed by atoms with Gasteiger partial charge in [0.05, 0.1) is 37.6 Å². The van der Waals surface area contributed by atoms with Crippen molar-refractivity contribution in [2.75, 3.05) is 26.4 Å². The Morgan fingerprint density at radius 3 is 1.16 bits per heavy atom. The Hall–Kier alpha value is -6.84. The lowest BCUT2D eigenvalue weighted by atomic mass is 10.0. The summed E-state index contributed by atoms with van der Waals surface area (Å²) in [6, 6.07) is 18.9. The maximum Gasteiger partial charge on any atom is 0.420 e. The molecule has 0 aromatic heterocycles. The highest BCUT2D eigenvalue weighted by molar-refractivity contribution is 5.98. The topological polar surface area (TPSA) is 124 Å². The number of unbranched alkanes of at least 4 members (excludes halogenated alkanes) is 6. The highest BCUT2D eigenvalue weighted by Gasteiger charge is 2.49. The normalized spacial score (nSPS) is 11.5. The Balaban J connectivity index is 1.22. The molecule has 0 aliphatic carbocycles. The molecular weight excluding hydrogens is 851 g/mol. The first-order valence-corrected chi connectivity index (χ1v) is 20.2. The van der Waals surface area contributed by atoms with Gasteiger partial charge in [0.2, 0.25) is 0 Å². The van der Waals surface area contributed by atoms with Gasteiger partial charge in [-0.3, -0.25) is 0 Å². The fourth-order valence-electron chi connectivity index (χ4n) is 6.45. The van der Waals surface area contributed by atoms with E-state index in [2.05, 4.69) is 13.2 Å². The number of alkyl halides is 6. The van der Waals surface area contributed by atoms with Gasteiger partial charge < -0.3 is 28.4 Å². The molecule has 16 heteroatoms. The van der Waals surface area contributed by atoms with Crippen LogP contribution in [0, 0.1) is 0 Å². The minimum absolute atomic E-state index is 0.246. The molecule has 0 aliphatic heterocycles. The van der Waals surface area contributed by atoms with Crippen molar-refractivity contribution in [3.8, 4) is 23.0 Å². The van der Waals surface area contributed by atoms with Crippen LogP contribution in [-0.2, 0) is 31.4 Å². The molecule has 0 heterocycles. The molecule has 338 valence electrons. The number of fused-ring (bicyclic) bond motifs is 2. The highest BCUT2D eigenvalue weighted by Crippen LogP contribution is 2.49. The molecule has 0 saturated heterocycles. The van der Waals surface area contributed by atoms with Crippen molar-refractivity contribution >= 4 is 45.4 Å². The summed E-state index contributed by atoms with van der Waals surface area (Å²) in [5.74, 6) is -5.54. The van der Waals surface area contributed by atoms with Gasteiger partial charge in [0.15, 0.2) is 0 Å². The molecule has 0 amide bonds. The van der Waals surface area contributed by atoms with Crippen LogP contribution in [0.2, 0.25) is 0 Å². The van der Waals surface area contributed by atoms with E-state index < -0.39 is 58.9 Å². The highest BCUT2D eigenvalue weighted by atomic mass is 19.4. The van der Waals surface area contributed by atoms with Crippen molar-refractivity contribution in [1.82, 2.24) is 0 Å². The van der Waals surface area contributed by atoms with E-state index in [4.69, 9.17) is 28.4 Å². The lowest BCUT2D eigenvalue weighted by molar-refractivity contribution is -0.163. The lowest BCUT2D eigenvalue weighted by Crippen LogP contribution is -2.22. The summed E-state index contributed by atoms with van der Waals surface area (Å²) in [5, 5.41) is 2.15. The fraction of sp³-hybridized carbons (Fsp3) is 0.292. The van der Waals surface area contributed by atoms with E-state index >= 15 is 0 Å². The number of carbonyl (C=O) groups is 4. The summed E-state index contributed by atoms with van der Waals surface area (Å²) in [7, 11) is 0. The summed E-state index contributed by atoms with van der Waals surface area (Å²) in [5.41, 5.74) is -5.19. The van der Waals surface area contributed by atoms with Crippen molar-refractivity contribution < 1.29 is 73.9 Å². The molecule has 5 rings (SSSR count). The van der Waals surface area contributed by atoms with E-state index in [0.717, 1.165) is 50.7 Å². The van der Waals surface area contributed by atoms with E-state index in [1.165, 1.54) is 36.4 Å². The maximum atomic E-state index is 14.5. The van der Waals surface area contributed by atoms with Crippen molar-refractivity contribution in [2.45, 2.75) is 63.7 Å². The third-order valence-electron chi connectivity index (χ3n) is 9.63. The average molecular weight is 895 g/mol. The molecule has 0 atom stereocenters. The predicted molar refractivity (Wildman–Crippen MR) is 224 cm³/mol. The summed E-state index contributed by atoms with van der Waals surface area (Å²) in [4.78, 5) is 48.5. The van der Waals surface area contributed by atoms with Gasteiger partial charge in [-0.2, -0.15) is 26.3 Å². The second-order valence-electron chi connectivity index (χ2n) is 14.3. The van der Waals surface area contributed by atoms with E-state index in [9.17, 15) is 45.5 Å². The molecule has 0 saturated carbocycles. The molecular formula is C48H44F6O10. The Labute approximate surface area is 364 Å². The Morgan fingerprint density at radius 1 is 0.453 bits per heavy atom. The Bertz CT molecular complexity index is 2310. The minimum atomic E-state index is -5.71. The third-order valence-corrected chi connectivity index (χ3v) is 9.63. The van der Waals surface area contributed by atoms with Gasteiger partial charge in [0, 0.05) is 12.2 Å². The minimum Gasteiger partial charge on any atom is -0.494 e. The number of benzene rings is 5. The number of halogens is 6. The van der Waals surface area contributed by atoms with E-state index in [1.54, 1.807) is 36.4 Å².